The smallest absolute Gasteiger partial charge is 0.255 e. The summed E-state index contributed by atoms with van der Waals surface area (Å²) in [4.78, 5) is 54.4. The van der Waals surface area contributed by atoms with Gasteiger partial charge in [0.25, 0.3) is 5.91 Å². The van der Waals surface area contributed by atoms with Crippen LogP contribution in [0, 0.1) is 17.7 Å². The maximum Gasteiger partial charge on any atom is 0.255 e. The van der Waals surface area contributed by atoms with E-state index in [-0.39, 0.29) is 37.9 Å². The molecule has 0 spiro atoms. The first-order valence-corrected chi connectivity index (χ1v) is 13.0. The molecule has 14 heteroatoms. The fourth-order valence-corrected chi connectivity index (χ4v) is 6.68. The van der Waals surface area contributed by atoms with E-state index in [4.69, 9.17) is 5.73 Å². The highest BCUT2D eigenvalue weighted by atomic mass is 19.1. The lowest BCUT2D eigenvalue weighted by atomic mass is 9.57. The van der Waals surface area contributed by atoms with Crippen molar-refractivity contribution < 1.29 is 48.4 Å². The minimum absolute atomic E-state index is 0.0529. The molecular weight excluding hydrogens is 546 g/mol. The van der Waals surface area contributed by atoms with Crippen molar-refractivity contribution in [2.45, 2.75) is 37.1 Å². The van der Waals surface area contributed by atoms with Crippen molar-refractivity contribution in [1.82, 2.24) is 9.80 Å². The van der Waals surface area contributed by atoms with Gasteiger partial charge in [0.2, 0.25) is 11.7 Å². The average molecular weight is 577 g/mol. The Morgan fingerprint density at radius 2 is 1.93 bits per heavy atom. The number of phenols is 1. The number of aliphatic hydroxyl groups excluding tert-OH is 2. The van der Waals surface area contributed by atoms with Gasteiger partial charge in [-0.3, -0.25) is 29.0 Å². The molecule has 1 saturated carbocycles. The zero-order chi connectivity index (χ0) is 30.1. The van der Waals surface area contributed by atoms with Gasteiger partial charge in [0, 0.05) is 36.2 Å². The lowest BCUT2D eigenvalue weighted by molar-refractivity contribution is -0.153. The second-order valence-electron chi connectivity index (χ2n) is 11.2. The molecule has 1 heterocycles. The Hall–Kier alpha value is -3.88. The molecule has 12 nitrogen and oxygen atoms in total. The molecule has 41 heavy (non-hydrogen) atoms. The molecule has 0 bridgehead atoms. The Kier molecular flexibility index (Phi) is 6.91. The normalized spacial score (nSPS) is 29.9. The number of carbonyl (C=O) groups excluding carboxylic acids is 4. The van der Waals surface area contributed by atoms with E-state index in [0.717, 1.165) is 6.07 Å². The number of primary amides is 1. The van der Waals surface area contributed by atoms with E-state index in [1.165, 1.54) is 19.0 Å². The Labute approximate surface area is 232 Å². The number of aromatic hydroxyl groups is 1. The standard InChI is InChI=1S/C27H30F2N4O8/c1-32(2)20-13-6-10-5-12-14(29)7-15(31-16(34)9-33-4-3-11(28)8-33)21(35)18(12)22(36)17(10)24(38)27(13,41)25(39)19(23(20)37)26(30)40/h7,10-11,13,20,35-36,39,41H,3-6,8-9H2,1-2H3,(H2,30,40)(H,31,34)/t10-,11+,13-,20-,27-/m0/s1. The number of phenolic OH excluding ortho intramolecular Hbond substituents is 1. The van der Waals surface area contributed by atoms with E-state index < -0.39 is 98.5 Å². The number of fused-ring (bicyclic) bond motifs is 3. The zero-order valence-electron chi connectivity index (χ0n) is 22.3. The van der Waals surface area contributed by atoms with Crippen LogP contribution in [0.15, 0.2) is 23.0 Å². The zero-order valence-corrected chi connectivity index (χ0v) is 22.3. The maximum absolute atomic E-state index is 15.4. The SMILES string of the molecule is CN(C)[C@@H]1C(=O)C(C(N)=O)=C(O)[C@@]2(O)C(=O)C3=C(O)c4c(O)c(NC(=O)CN5CC[C@@H](F)C5)cc(F)c4C[C@H]3C[C@@H]12. The molecule has 1 aromatic rings. The van der Waals surface area contributed by atoms with Crippen molar-refractivity contribution in [3.05, 3.63) is 39.9 Å². The van der Waals surface area contributed by atoms with E-state index in [0.29, 0.717) is 6.54 Å². The van der Waals surface area contributed by atoms with Gasteiger partial charge in [-0.15, -0.1) is 0 Å². The first-order chi connectivity index (χ1) is 19.2. The molecule has 7 N–H and O–H groups in total. The third-order valence-electron chi connectivity index (χ3n) is 8.52. The number of rotatable bonds is 5. The largest absolute Gasteiger partial charge is 0.508 e. The number of nitrogens with two attached hydrogens (primary N) is 1. The summed E-state index contributed by atoms with van der Waals surface area (Å²) in [6.45, 7) is 0.176. The van der Waals surface area contributed by atoms with Crippen LogP contribution in [-0.4, -0.2) is 105 Å². The van der Waals surface area contributed by atoms with Gasteiger partial charge < -0.3 is 31.5 Å². The quantitative estimate of drug-likeness (QED) is 0.207. The summed E-state index contributed by atoms with van der Waals surface area (Å²) < 4.78 is 28.8. The molecule has 2 fully saturated rings. The van der Waals surface area contributed by atoms with Gasteiger partial charge in [-0.1, -0.05) is 0 Å². The predicted molar refractivity (Wildman–Crippen MR) is 139 cm³/mol. The van der Waals surface area contributed by atoms with Gasteiger partial charge in [0.05, 0.1) is 23.8 Å². The summed E-state index contributed by atoms with van der Waals surface area (Å²) in [6, 6.07) is -0.389. The van der Waals surface area contributed by atoms with Crippen LogP contribution in [0.1, 0.15) is 24.0 Å². The van der Waals surface area contributed by atoms with E-state index in [2.05, 4.69) is 5.32 Å². The number of likely N-dealkylation sites (N-methyl/N-ethyl adjacent to an activating group) is 1. The van der Waals surface area contributed by atoms with Crippen molar-refractivity contribution >= 4 is 34.8 Å². The Bertz CT molecular complexity index is 1460. The molecule has 0 aromatic heterocycles. The molecule has 5 rings (SSSR count). The number of carbonyl (C=O) groups is 4. The summed E-state index contributed by atoms with van der Waals surface area (Å²) in [7, 11) is 2.95. The van der Waals surface area contributed by atoms with Crippen LogP contribution in [0.25, 0.3) is 5.76 Å². The van der Waals surface area contributed by atoms with E-state index >= 15 is 4.39 Å². The van der Waals surface area contributed by atoms with Gasteiger partial charge in [-0.2, -0.15) is 0 Å². The van der Waals surface area contributed by atoms with Crippen LogP contribution in [0.2, 0.25) is 0 Å². The first kappa shape index (κ1) is 28.6. The highest BCUT2D eigenvalue weighted by molar-refractivity contribution is 6.24. The number of halogens is 2. The fraction of sp³-hybridized carbons (Fsp3) is 0.481. The number of benzene rings is 1. The number of nitrogens with one attached hydrogen (secondary N) is 1. The number of amides is 2. The number of anilines is 1. The molecule has 0 unspecified atom stereocenters. The lowest BCUT2D eigenvalue weighted by Gasteiger charge is -2.50. The van der Waals surface area contributed by atoms with Gasteiger partial charge in [-0.05, 0) is 39.3 Å². The van der Waals surface area contributed by atoms with Gasteiger partial charge in [0.1, 0.15) is 29.1 Å². The monoisotopic (exact) mass is 576 g/mol. The molecule has 2 amide bonds. The Morgan fingerprint density at radius 1 is 1.24 bits per heavy atom. The number of hydrogen-bond acceptors (Lipinski definition) is 10. The summed E-state index contributed by atoms with van der Waals surface area (Å²) in [5.74, 6) is -10.1. The number of likely N-dealkylation sites (tertiary alicyclic amines) is 1. The number of Topliss-reactive ketones (excluding diaryl/α,β-unsaturated/α-hetero) is 2. The maximum atomic E-state index is 15.4. The highest BCUT2D eigenvalue weighted by Crippen LogP contribution is 2.53. The number of aliphatic hydroxyl groups is 3. The summed E-state index contributed by atoms with van der Waals surface area (Å²) in [6.07, 6.45) is -1.21. The molecule has 220 valence electrons. The molecule has 0 radical (unpaired) electrons. The van der Waals surface area contributed by atoms with E-state index in [1.807, 2.05) is 0 Å². The number of ketones is 2. The van der Waals surface area contributed by atoms with Crippen molar-refractivity contribution in [3.63, 3.8) is 0 Å². The third-order valence-corrected chi connectivity index (χ3v) is 8.52. The highest BCUT2D eigenvalue weighted by Gasteiger charge is 2.64. The molecule has 5 atom stereocenters. The summed E-state index contributed by atoms with van der Waals surface area (Å²) in [5.41, 5.74) is 0.0428. The van der Waals surface area contributed by atoms with Crippen LogP contribution < -0.4 is 11.1 Å². The molecule has 1 saturated heterocycles. The average Bonchev–Trinajstić information content (AvgIpc) is 3.28. The van der Waals surface area contributed by atoms with E-state index in [1.54, 1.807) is 4.90 Å². The number of hydrogen-bond donors (Lipinski definition) is 6. The molecule has 1 aliphatic heterocycles. The van der Waals surface area contributed by atoms with Crippen molar-refractivity contribution in [2.24, 2.45) is 17.6 Å². The van der Waals surface area contributed by atoms with Crippen LogP contribution in [0.3, 0.4) is 0 Å². The minimum atomic E-state index is -2.82. The lowest BCUT2D eigenvalue weighted by Crippen LogP contribution is -2.65. The van der Waals surface area contributed by atoms with Crippen LogP contribution >= 0.6 is 0 Å². The molecule has 3 aliphatic carbocycles. The van der Waals surface area contributed by atoms with Crippen molar-refractivity contribution in [2.75, 3.05) is 39.0 Å². The molecule has 1 aromatic carbocycles. The van der Waals surface area contributed by atoms with Gasteiger partial charge in [0.15, 0.2) is 17.1 Å². The minimum Gasteiger partial charge on any atom is -0.508 e. The second-order valence-corrected chi connectivity index (χ2v) is 11.2. The van der Waals surface area contributed by atoms with Crippen LogP contribution in [-0.2, 0) is 25.6 Å². The van der Waals surface area contributed by atoms with Gasteiger partial charge >= 0.3 is 0 Å². The molecule has 4 aliphatic rings. The van der Waals surface area contributed by atoms with Crippen molar-refractivity contribution in [3.8, 4) is 5.75 Å². The first-order valence-electron chi connectivity index (χ1n) is 13.0. The number of alkyl halides is 1. The predicted octanol–water partition coefficient (Wildman–Crippen LogP) is 0.0854. The van der Waals surface area contributed by atoms with Crippen LogP contribution in [0.5, 0.6) is 5.75 Å². The van der Waals surface area contributed by atoms with Gasteiger partial charge in [-0.25, -0.2) is 8.78 Å². The van der Waals surface area contributed by atoms with Crippen molar-refractivity contribution in [1.29, 1.82) is 0 Å². The van der Waals surface area contributed by atoms with E-state index in [9.17, 15) is 44.0 Å². The Morgan fingerprint density at radius 3 is 2.51 bits per heavy atom. The number of nitrogens with zero attached hydrogens (tertiary/aromatic N) is 2. The summed E-state index contributed by atoms with van der Waals surface area (Å²) >= 11 is 0. The fourth-order valence-electron chi connectivity index (χ4n) is 6.68. The third kappa shape index (κ3) is 4.28. The topological polar surface area (TPSA) is 194 Å². The summed E-state index contributed by atoms with van der Waals surface area (Å²) in [5, 5.41) is 47.0. The van der Waals surface area contributed by atoms with Crippen LogP contribution in [0.4, 0.5) is 14.5 Å². The second kappa shape index (κ2) is 9.89. The Balaban J connectivity index is 1.57. The molecular formula is C27H30F2N4O8.